The van der Waals surface area contributed by atoms with Gasteiger partial charge < -0.3 is 9.64 Å². The Morgan fingerprint density at radius 2 is 1.93 bits per heavy atom. The molecule has 2 aliphatic rings. The number of aromatic nitrogens is 2. The number of halogens is 3. The molecule has 144 valence electrons. The van der Waals surface area contributed by atoms with Crippen LogP contribution in [0.4, 0.5) is 14.5 Å². The van der Waals surface area contributed by atoms with Gasteiger partial charge in [-0.15, -0.1) is 0 Å². The molecule has 2 aliphatic heterocycles. The number of ether oxygens (including phenoxy) is 1. The summed E-state index contributed by atoms with van der Waals surface area (Å²) in [6.07, 6.45) is 5.99. The zero-order valence-electron chi connectivity index (χ0n) is 14.7. The van der Waals surface area contributed by atoms with Gasteiger partial charge in [-0.05, 0) is 43.7 Å². The summed E-state index contributed by atoms with van der Waals surface area (Å²) in [6, 6.07) is 2.95. The molecule has 0 spiro atoms. The first-order valence-corrected chi connectivity index (χ1v) is 9.52. The highest BCUT2D eigenvalue weighted by atomic mass is 35.5. The van der Waals surface area contributed by atoms with Crippen molar-refractivity contribution in [3.05, 3.63) is 51.4 Å². The topological polar surface area (TPSA) is 47.4 Å². The van der Waals surface area contributed by atoms with Crippen LogP contribution < -0.4 is 10.5 Å². The van der Waals surface area contributed by atoms with Crippen LogP contribution in [0.1, 0.15) is 25.7 Å². The molecule has 2 saturated heterocycles. The monoisotopic (exact) mass is 395 g/mol. The standard InChI is InChI=1S/C19H20ClF2N3O2/c20-18-16(24-7-5-12(6-8-24)17-2-1-9-27-17)11-23-25(19(18)26)15-4-3-13(21)10-14(15)22/h3-4,10-12,17H,1-2,5-9H2. The van der Waals surface area contributed by atoms with Gasteiger partial charge in [-0.3, -0.25) is 4.79 Å². The van der Waals surface area contributed by atoms with Crippen LogP contribution >= 0.6 is 11.6 Å². The van der Waals surface area contributed by atoms with Gasteiger partial charge >= 0.3 is 0 Å². The molecule has 27 heavy (non-hydrogen) atoms. The lowest BCUT2D eigenvalue weighted by Crippen LogP contribution is -2.39. The molecule has 8 heteroatoms. The van der Waals surface area contributed by atoms with Crippen LogP contribution in [-0.4, -0.2) is 35.6 Å². The lowest BCUT2D eigenvalue weighted by Gasteiger charge is -2.35. The third-order valence-corrected chi connectivity index (χ3v) is 5.76. The van der Waals surface area contributed by atoms with Gasteiger partial charge in [0.05, 0.1) is 18.0 Å². The first kappa shape index (κ1) is 18.4. The number of rotatable bonds is 3. The van der Waals surface area contributed by atoms with Crippen LogP contribution in [0.2, 0.25) is 5.02 Å². The minimum absolute atomic E-state index is 0.00992. The Hall–Kier alpha value is -1.99. The SMILES string of the molecule is O=c1c(Cl)c(N2CCC(C3CCCO3)CC2)cnn1-c1ccc(F)cc1F. The Morgan fingerprint density at radius 3 is 2.59 bits per heavy atom. The number of piperidine rings is 1. The van der Waals surface area contributed by atoms with E-state index in [-0.39, 0.29) is 10.7 Å². The van der Waals surface area contributed by atoms with Crippen LogP contribution in [0.15, 0.2) is 29.2 Å². The summed E-state index contributed by atoms with van der Waals surface area (Å²) in [5.41, 5.74) is -0.209. The van der Waals surface area contributed by atoms with Gasteiger partial charge in [0.1, 0.15) is 16.5 Å². The average molecular weight is 396 g/mol. The van der Waals surface area contributed by atoms with E-state index >= 15 is 0 Å². The molecule has 1 unspecified atom stereocenters. The molecule has 1 aromatic heterocycles. The van der Waals surface area contributed by atoms with Gasteiger partial charge in [0.15, 0.2) is 5.82 Å². The number of benzene rings is 1. The molecule has 4 rings (SSSR count). The van der Waals surface area contributed by atoms with E-state index in [1.165, 1.54) is 12.3 Å². The van der Waals surface area contributed by atoms with Crippen LogP contribution in [-0.2, 0) is 4.74 Å². The second-order valence-corrected chi connectivity index (χ2v) is 7.41. The second kappa shape index (κ2) is 7.56. The molecule has 5 nitrogen and oxygen atoms in total. The molecule has 0 bridgehead atoms. The largest absolute Gasteiger partial charge is 0.378 e. The van der Waals surface area contributed by atoms with Gasteiger partial charge in [0.25, 0.3) is 5.56 Å². The van der Waals surface area contributed by atoms with E-state index in [2.05, 4.69) is 5.10 Å². The normalized spacial score (nSPS) is 21.0. The maximum absolute atomic E-state index is 14.0. The fourth-order valence-corrected chi connectivity index (χ4v) is 4.20. The van der Waals surface area contributed by atoms with Crippen molar-refractivity contribution in [2.45, 2.75) is 31.8 Å². The van der Waals surface area contributed by atoms with E-state index < -0.39 is 17.2 Å². The molecule has 0 aliphatic carbocycles. The molecular formula is C19H20ClF2N3O2. The molecule has 0 saturated carbocycles. The lowest BCUT2D eigenvalue weighted by molar-refractivity contribution is 0.0531. The minimum atomic E-state index is -0.870. The minimum Gasteiger partial charge on any atom is -0.378 e. The first-order valence-electron chi connectivity index (χ1n) is 9.14. The highest BCUT2D eigenvalue weighted by Crippen LogP contribution is 2.32. The van der Waals surface area contributed by atoms with Crippen molar-refractivity contribution in [3.63, 3.8) is 0 Å². The zero-order valence-corrected chi connectivity index (χ0v) is 15.5. The number of nitrogens with zero attached hydrogens (tertiary/aromatic N) is 3. The van der Waals surface area contributed by atoms with E-state index in [1.54, 1.807) is 0 Å². The molecule has 1 atom stereocenters. The van der Waals surface area contributed by atoms with Crippen molar-refractivity contribution in [2.24, 2.45) is 5.92 Å². The Labute approximate surface area is 160 Å². The summed E-state index contributed by atoms with van der Waals surface area (Å²) < 4.78 is 33.7. The highest BCUT2D eigenvalue weighted by Gasteiger charge is 2.30. The van der Waals surface area contributed by atoms with Gasteiger partial charge in [-0.1, -0.05) is 11.6 Å². The quantitative estimate of drug-likeness (QED) is 0.797. The summed E-state index contributed by atoms with van der Waals surface area (Å²) >= 11 is 6.29. The third-order valence-electron chi connectivity index (χ3n) is 5.41. The molecule has 0 N–H and O–H groups in total. The molecule has 2 aromatic rings. The highest BCUT2D eigenvalue weighted by molar-refractivity contribution is 6.33. The Kier molecular flexibility index (Phi) is 5.14. The maximum Gasteiger partial charge on any atom is 0.292 e. The van der Waals surface area contributed by atoms with Crippen LogP contribution in [0.3, 0.4) is 0 Å². The van der Waals surface area contributed by atoms with Crippen LogP contribution in [0.5, 0.6) is 0 Å². The predicted octanol–water partition coefficient (Wildman–Crippen LogP) is 3.56. The van der Waals surface area contributed by atoms with Crippen molar-refractivity contribution < 1.29 is 13.5 Å². The van der Waals surface area contributed by atoms with Gasteiger partial charge in [0, 0.05) is 25.8 Å². The number of anilines is 1. The second-order valence-electron chi connectivity index (χ2n) is 7.03. The fraction of sp³-hybridized carbons (Fsp3) is 0.474. The van der Waals surface area contributed by atoms with Crippen molar-refractivity contribution >= 4 is 17.3 Å². The maximum atomic E-state index is 14.0. The Morgan fingerprint density at radius 1 is 1.15 bits per heavy atom. The van der Waals surface area contributed by atoms with Gasteiger partial charge in [-0.2, -0.15) is 9.78 Å². The van der Waals surface area contributed by atoms with E-state index in [4.69, 9.17) is 16.3 Å². The number of hydrogen-bond acceptors (Lipinski definition) is 4. The average Bonchev–Trinajstić information content (AvgIpc) is 3.20. The van der Waals surface area contributed by atoms with Gasteiger partial charge in [0.2, 0.25) is 0 Å². The lowest BCUT2D eigenvalue weighted by atomic mass is 9.89. The van der Waals surface area contributed by atoms with E-state index in [9.17, 15) is 13.6 Å². The van der Waals surface area contributed by atoms with Crippen LogP contribution in [0, 0.1) is 17.6 Å². The zero-order chi connectivity index (χ0) is 19.0. The molecule has 2 fully saturated rings. The summed E-state index contributed by atoms with van der Waals surface area (Å²) in [4.78, 5) is 14.6. The summed E-state index contributed by atoms with van der Waals surface area (Å²) in [5.74, 6) is -1.06. The predicted molar refractivity (Wildman–Crippen MR) is 98.7 cm³/mol. The van der Waals surface area contributed by atoms with Crippen molar-refractivity contribution in [1.82, 2.24) is 9.78 Å². The van der Waals surface area contributed by atoms with Crippen LogP contribution in [0.25, 0.3) is 5.69 Å². The smallest absolute Gasteiger partial charge is 0.292 e. The first-order chi connectivity index (χ1) is 13.0. The van der Waals surface area contributed by atoms with Crippen molar-refractivity contribution in [2.75, 3.05) is 24.6 Å². The van der Waals surface area contributed by atoms with Crippen molar-refractivity contribution in [3.8, 4) is 5.69 Å². The summed E-state index contributed by atoms with van der Waals surface area (Å²) in [6.45, 7) is 2.37. The van der Waals surface area contributed by atoms with E-state index in [0.717, 1.165) is 56.1 Å². The fourth-order valence-electron chi connectivity index (χ4n) is 3.96. The molecule has 3 heterocycles. The number of hydrogen-bond donors (Lipinski definition) is 0. The summed E-state index contributed by atoms with van der Waals surface area (Å²) in [5, 5.41) is 4.05. The molecular weight excluding hydrogens is 376 g/mol. The summed E-state index contributed by atoms with van der Waals surface area (Å²) in [7, 11) is 0. The van der Waals surface area contributed by atoms with Gasteiger partial charge in [-0.25, -0.2) is 8.78 Å². The Balaban J connectivity index is 1.55. The Bertz CT molecular complexity index is 891. The molecule has 0 amide bonds. The van der Waals surface area contributed by atoms with E-state index in [0.29, 0.717) is 23.8 Å². The van der Waals surface area contributed by atoms with Crippen molar-refractivity contribution in [1.29, 1.82) is 0 Å². The molecule has 0 radical (unpaired) electrons. The van der Waals surface area contributed by atoms with E-state index in [1.807, 2.05) is 4.90 Å². The third kappa shape index (κ3) is 3.58. The molecule has 1 aromatic carbocycles.